The molecule has 1 aromatic carbocycles. The van der Waals surface area contributed by atoms with Crippen molar-refractivity contribution in [3.8, 4) is 0 Å². The van der Waals surface area contributed by atoms with Crippen LogP contribution in [0.4, 0.5) is 0 Å². The summed E-state index contributed by atoms with van der Waals surface area (Å²) in [5, 5.41) is 12.7. The van der Waals surface area contributed by atoms with Gasteiger partial charge in [-0.15, -0.1) is 0 Å². The molecule has 21 heavy (non-hydrogen) atoms. The van der Waals surface area contributed by atoms with Gasteiger partial charge >= 0.3 is 0 Å². The Balaban J connectivity index is 1.51. The van der Waals surface area contributed by atoms with Gasteiger partial charge in [-0.25, -0.2) is 0 Å². The van der Waals surface area contributed by atoms with Gasteiger partial charge in [0.15, 0.2) is 0 Å². The first-order valence-corrected chi connectivity index (χ1v) is 8.79. The fourth-order valence-electron chi connectivity index (χ4n) is 4.34. The number of benzene rings is 1. The van der Waals surface area contributed by atoms with E-state index in [9.17, 15) is 0 Å². The standard InChI is InChI=1S/C19H29NO/c21-12-6-2-1-5-11-20-19-17-9-10-18(19)14-16-8-4-3-7-15(16)13-17/h3-4,7-8,17-21H,1-2,5-6,9-14H2. The average Bonchev–Trinajstić information content (AvgIpc) is 2.77. The number of rotatable bonds is 7. The largest absolute Gasteiger partial charge is 0.396 e. The van der Waals surface area contributed by atoms with Crippen LogP contribution in [-0.2, 0) is 12.8 Å². The molecular formula is C19H29NO. The van der Waals surface area contributed by atoms with Gasteiger partial charge in [0.2, 0.25) is 0 Å². The molecule has 116 valence electrons. The maximum Gasteiger partial charge on any atom is 0.0431 e. The summed E-state index contributed by atoms with van der Waals surface area (Å²) < 4.78 is 0. The Morgan fingerprint density at radius 3 is 2.14 bits per heavy atom. The van der Waals surface area contributed by atoms with Crippen molar-refractivity contribution in [2.24, 2.45) is 11.8 Å². The molecule has 0 radical (unpaired) electrons. The zero-order valence-corrected chi connectivity index (χ0v) is 13.1. The van der Waals surface area contributed by atoms with Crippen molar-refractivity contribution in [2.75, 3.05) is 13.2 Å². The predicted molar refractivity (Wildman–Crippen MR) is 87.4 cm³/mol. The van der Waals surface area contributed by atoms with E-state index in [1.165, 1.54) is 44.9 Å². The van der Waals surface area contributed by atoms with E-state index in [1.54, 1.807) is 11.1 Å². The number of aliphatic hydroxyl groups excluding tert-OH is 1. The number of unbranched alkanes of at least 4 members (excludes halogenated alkanes) is 3. The number of hydrogen-bond acceptors (Lipinski definition) is 2. The molecule has 1 aromatic rings. The van der Waals surface area contributed by atoms with Gasteiger partial charge in [0.05, 0.1) is 0 Å². The summed E-state index contributed by atoms with van der Waals surface area (Å²) in [5.41, 5.74) is 3.19. The summed E-state index contributed by atoms with van der Waals surface area (Å²) in [7, 11) is 0. The van der Waals surface area contributed by atoms with E-state index in [0.717, 1.165) is 30.8 Å². The second kappa shape index (κ2) is 7.42. The van der Waals surface area contributed by atoms with Crippen LogP contribution in [0.3, 0.4) is 0 Å². The van der Waals surface area contributed by atoms with Crippen molar-refractivity contribution in [1.29, 1.82) is 0 Å². The summed E-state index contributed by atoms with van der Waals surface area (Å²) in [5.74, 6) is 1.69. The summed E-state index contributed by atoms with van der Waals surface area (Å²) in [6.07, 6.45) is 9.98. The highest BCUT2D eigenvalue weighted by molar-refractivity contribution is 5.30. The molecule has 0 aliphatic heterocycles. The predicted octanol–water partition coefficient (Wildman–Crippen LogP) is 3.32. The third-order valence-corrected chi connectivity index (χ3v) is 5.47. The van der Waals surface area contributed by atoms with E-state index in [-0.39, 0.29) is 0 Å². The molecule has 2 nitrogen and oxygen atoms in total. The third kappa shape index (κ3) is 3.67. The zero-order chi connectivity index (χ0) is 14.5. The molecule has 0 heterocycles. The van der Waals surface area contributed by atoms with Crippen LogP contribution in [0.2, 0.25) is 0 Å². The molecule has 0 spiro atoms. The smallest absolute Gasteiger partial charge is 0.0431 e. The highest BCUT2D eigenvalue weighted by atomic mass is 16.2. The molecule has 2 bridgehead atoms. The van der Waals surface area contributed by atoms with Crippen LogP contribution in [-0.4, -0.2) is 24.3 Å². The lowest BCUT2D eigenvalue weighted by molar-refractivity contribution is 0.281. The third-order valence-electron chi connectivity index (χ3n) is 5.47. The molecule has 1 fully saturated rings. The highest BCUT2D eigenvalue weighted by Gasteiger charge is 2.38. The van der Waals surface area contributed by atoms with Crippen molar-refractivity contribution in [3.63, 3.8) is 0 Å². The zero-order valence-electron chi connectivity index (χ0n) is 13.1. The van der Waals surface area contributed by atoms with E-state index in [2.05, 4.69) is 29.6 Å². The highest BCUT2D eigenvalue weighted by Crippen LogP contribution is 2.39. The maximum atomic E-state index is 8.81. The van der Waals surface area contributed by atoms with Crippen LogP contribution in [0, 0.1) is 11.8 Å². The van der Waals surface area contributed by atoms with Crippen molar-refractivity contribution in [2.45, 2.75) is 57.4 Å². The number of aliphatic hydroxyl groups is 1. The van der Waals surface area contributed by atoms with Gasteiger partial charge in [0.1, 0.15) is 0 Å². The number of hydrogen-bond donors (Lipinski definition) is 2. The minimum Gasteiger partial charge on any atom is -0.396 e. The van der Waals surface area contributed by atoms with E-state index in [1.807, 2.05) is 0 Å². The topological polar surface area (TPSA) is 32.3 Å². The lowest BCUT2D eigenvalue weighted by atomic mass is 9.94. The van der Waals surface area contributed by atoms with Gasteiger partial charge in [0.25, 0.3) is 0 Å². The number of fused-ring (bicyclic) bond motifs is 3. The quantitative estimate of drug-likeness (QED) is 0.754. The maximum absolute atomic E-state index is 8.81. The second-order valence-corrected chi connectivity index (χ2v) is 6.89. The molecule has 3 rings (SSSR count). The average molecular weight is 287 g/mol. The Kier molecular flexibility index (Phi) is 5.32. The van der Waals surface area contributed by atoms with Crippen molar-refractivity contribution in [3.05, 3.63) is 35.4 Å². The molecule has 0 aromatic heterocycles. The van der Waals surface area contributed by atoms with Crippen LogP contribution < -0.4 is 5.32 Å². The SMILES string of the molecule is OCCCCCCNC1C2CCC1Cc1ccccc1C2. The summed E-state index contributed by atoms with van der Waals surface area (Å²) in [6.45, 7) is 1.50. The first-order valence-electron chi connectivity index (χ1n) is 8.79. The Hall–Kier alpha value is -0.860. The van der Waals surface area contributed by atoms with Crippen LogP contribution in [0.1, 0.15) is 49.7 Å². The molecule has 0 amide bonds. The van der Waals surface area contributed by atoms with Gasteiger partial charge < -0.3 is 10.4 Å². The van der Waals surface area contributed by atoms with Crippen LogP contribution in [0.25, 0.3) is 0 Å². The molecule has 2 heteroatoms. The van der Waals surface area contributed by atoms with E-state index >= 15 is 0 Å². The van der Waals surface area contributed by atoms with E-state index in [4.69, 9.17) is 5.11 Å². The minimum atomic E-state index is 0.346. The summed E-state index contributed by atoms with van der Waals surface area (Å²) in [6, 6.07) is 9.79. The van der Waals surface area contributed by atoms with Crippen LogP contribution >= 0.6 is 0 Å². The fraction of sp³-hybridized carbons (Fsp3) is 0.684. The lowest BCUT2D eigenvalue weighted by Gasteiger charge is -2.23. The molecule has 2 unspecified atom stereocenters. The van der Waals surface area contributed by atoms with E-state index < -0.39 is 0 Å². The first-order chi connectivity index (χ1) is 10.4. The van der Waals surface area contributed by atoms with E-state index in [0.29, 0.717) is 6.61 Å². The molecular weight excluding hydrogens is 258 g/mol. The molecule has 2 atom stereocenters. The molecule has 2 N–H and O–H groups in total. The Labute approximate surface area is 129 Å². The molecule has 0 saturated heterocycles. The monoisotopic (exact) mass is 287 g/mol. The Morgan fingerprint density at radius 2 is 1.52 bits per heavy atom. The normalized spacial score (nSPS) is 27.4. The fourth-order valence-corrected chi connectivity index (χ4v) is 4.34. The Morgan fingerprint density at radius 1 is 0.905 bits per heavy atom. The first kappa shape index (κ1) is 15.1. The van der Waals surface area contributed by atoms with Gasteiger partial charge in [-0.2, -0.15) is 0 Å². The molecule has 1 saturated carbocycles. The molecule has 2 aliphatic carbocycles. The minimum absolute atomic E-state index is 0.346. The van der Waals surface area contributed by atoms with Crippen LogP contribution in [0.15, 0.2) is 24.3 Å². The summed E-state index contributed by atoms with van der Waals surface area (Å²) in [4.78, 5) is 0. The number of nitrogens with one attached hydrogen (secondary N) is 1. The van der Waals surface area contributed by atoms with Gasteiger partial charge in [-0.1, -0.05) is 37.1 Å². The van der Waals surface area contributed by atoms with Gasteiger partial charge in [-0.05, 0) is 68.0 Å². The van der Waals surface area contributed by atoms with Crippen molar-refractivity contribution >= 4 is 0 Å². The second-order valence-electron chi connectivity index (χ2n) is 6.89. The van der Waals surface area contributed by atoms with Crippen molar-refractivity contribution < 1.29 is 5.11 Å². The van der Waals surface area contributed by atoms with Crippen molar-refractivity contribution in [1.82, 2.24) is 5.32 Å². The van der Waals surface area contributed by atoms with Gasteiger partial charge in [0, 0.05) is 12.6 Å². The molecule has 2 aliphatic rings. The van der Waals surface area contributed by atoms with Crippen LogP contribution in [0.5, 0.6) is 0 Å². The van der Waals surface area contributed by atoms with Gasteiger partial charge in [-0.3, -0.25) is 0 Å². The Bertz CT molecular complexity index is 412. The lowest BCUT2D eigenvalue weighted by Crippen LogP contribution is -2.38. The summed E-state index contributed by atoms with van der Waals surface area (Å²) >= 11 is 0.